The van der Waals surface area contributed by atoms with E-state index in [4.69, 9.17) is 4.84 Å². The minimum atomic E-state index is -0.929. The zero-order chi connectivity index (χ0) is 18.7. The first-order valence-electron chi connectivity index (χ1n) is 8.64. The molecule has 5 nitrogen and oxygen atoms in total. The average molecular weight is 352 g/mol. The van der Waals surface area contributed by atoms with Gasteiger partial charge >= 0.3 is 5.97 Å². The largest absolute Gasteiger partial charge is 0.480 e. The number of rotatable bonds is 7. The number of fused-ring (bicyclic) bond motifs is 1. The van der Waals surface area contributed by atoms with Crippen molar-refractivity contribution in [2.75, 3.05) is 7.11 Å². The monoisotopic (exact) mass is 352 g/mol. The summed E-state index contributed by atoms with van der Waals surface area (Å²) >= 11 is 0. The van der Waals surface area contributed by atoms with Crippen LogP contribution in [0.1, 0.15) is 22.4 Å². The molecule has 3 rings (SSSR count). The number of nitrogens with zero attached hydrogens (tertiary/aromatic N) is 1. The summed E-state index contributed by atoms with van der Waals surface area (Å²) in [6.45, 7) is 4.89. The Morgan fingerprint density at radius 1 is 1.19 bits per heavy atom. The lowest BCUT2D eigenvalue weighted by Crippen LogP contribution is -2.37. The van der Waals surface area contributed by atoms with Crippen LogP contribution in [-0.4, -0.2) is 28.8 Å². The van der Waals surface area contributed by atoms with Gasteiger partial charge in [0.15, 0.2) is 0 Å². The lowest BCUT2D eigenvalue weighted by Gasteiger charge is -2.13. The predicted molar refractivity (Wildman–Crippen MR) is 102 cm³/mol. The van der Waals surface area contributed by atoms with Crippen LogP contribution in [-0.2, 0) is 22.6 Å². The minimum absolute atomic E-state index is 0.357. The van der Waals surface area contributed by atoms with Crippen molar-refractivity contribution >= 4 is 16.9 Å². The number of nitrogens with one attached hydrogen (secondary N) is 1. The number of hydrogen-bond donors (Lipinski definition) is 2. The van der Waals surface area contributed by atoms with Gasteiger partial charge in [0.05, 0.1) is 7.11 Å². The van der Waals surface area contributed by atoms with Gasteiger partial charge in [-0.05, 0) is 31.0 Å². The van der Waals surface area contributed by atoms with Gasteiger partial charge in [-0.2, -0.15) is 5.48 Å². The molecule has 0 saturated heterocycles. The van der Waals surface area contributed by atoms with Crippen molar-refractivity contribution < 1.29 is 14.7 Å². The van der Waals surface area contributed by atoms with Crippen LogP contribution in [0.2, 0.25) is 0 Å². The normalized spacial score (nSPS) is 12.4. The number of hydrogen-bond acceptors (Lipinski definition) is 3. The molecule has 0 radical (unpaired) electrons. The van der Waals surface area contributed by atoms with E-state index in [0.29, 0.717) is 6.42 Å². The Hall–Kier alpha value is -2.63. The highest BCUT2D eigenvalue weighted by Crippen LogP contribution is 2.28. The Labute approximate surface area is 153 Å². The number of hydroxylamine groups is 1. The van der Waals surface area contributed by atoms with Crippen molar-refractivity contribution in [2.45, 2.75) is 32.9 Å². The van der Waals surface area contributed by atoms with E-state index in [2.05, 4.69) is 60.3 Å². The number of aromatic nitrogens is 1. The lowest BCUT2D eigenvalue weighted by atomic mass is 10.0. The Bertz CT molecular complexity index is 930. The molecule has 1 heterocycles. The van der Waals surface area contributed by atoms with Crippen LogP contribution >= 0.6 is 0 Å². The predicted octanol–water partition coefficient (Wildman–Crippen LogP) is 3.45. The van der Waals surface area contributed by atoms with Crippen molar-refractivity contribution in [3.8, 4) is 0 Å². The van der Waals surface area contributed by atoms with Crippen molar-refractivity contribution in [2.24, 2.45) is 0 Å². The van der Waals surface area contributed by atoms with Gasteiger partial charge < -0.3 is 14.5 Å². The highest BCUT2D eigenvalue weighted by Gasteiger charge is 2.22. The molecule has 0 amide bonds. The Morgan fingerprint density at radius 2 is 1.96 bits per heavy atom. The highest BCUT2D eigenvalue weighted by atomic mass is 16.6. The summed E-state index contributed by atoms with van der Waals surface area (Å²) in [4.78, 5) is 16.4. The summed E-state index contributed by atoms with van der Waals surface area (Å²) in [6.07, 6.45) is 0.357. The molecule has 0 bridgehead atoms. The molecular formula is C21H24N2O3. The Morgan fingerprint density at radius 3 is 2.65 bits per heavy atom. The standard InChI is InChI=1S/C21H24N2O3/c1-14-7-6-8-16(11-14)13-23-15(2)18(12-19(21(24)25)22-26-3)17-9-4-5-10-20(17)23/h4-11,19,22H,12-13H2,1-3H3,(H,24,25). The number of carbonyl (C=O) groups is 1. The summed E-state index contributed by atoms with van der Waals surface area (Å²) < 4.78 is 2.26. The first-order valence-corrected chi connectivity index (χ1v) is 8.64. The van der Waals surface area contributed by atoms with Gasteiger partial charge in [0.2, 0.25) is 0 Å². The number of aryl methyl sites for hydroxylation is 1. The second-order valence-electron chi connectivity index (χ2n) is 6.57. The third-order valence-electron chi connectivity index (χ3n) is 4.75. The summed E-state index contributed by atoms with van der Waals surface area (Å²) in [5.41, 5.74) is 8.26. The number of benzene rings is 2. The van der Waals surface area contributed by atoms with Crippen LogP contribution in [0.3, 0.4) is 0 Å². The second-order valence-corrected chi connectivity index (χ2v) is 6.57. The molecule has 0 saturated carbocycles. The van der Waals surface area contributed by atoms with E-state index in [1.807, 2.05) is 12.1 Å². The van der Waals surface area contributed by atoms with E-state index < -0.39 is 12.0 Å². The average Bonchev–Trinajstić information content (AvgIpc) is 2.87. The van der Waals surface area contributed by atoms with Crippen LogP contribution in [0.25, 0.3) is 10.9 Å². The van der Waals surface area contributed by atoms with E-state index in [9.17, 15) is 9.90 Å². The summed E-state index contributed by atoms with van der Waals surface area (Å²) in [7, 11) is 1.43. The maximum atomic E-state index is 11.5. The van der Waals surface area contributed by atoms with E-state index >= 15 is 0 Å². The van der Waals surface area contributed by atoms with Crippen LogP contribution in [0, 0.1) is 13.8 Å². The molecule has 5 heteroatoms. The molecule has 0 aliphatic rings. The van der Waals surface area contributed by atoms with Crippen LogP contribution in [0.4, 0.5) is 0 Å². The first-order chi connectivity index (χ1) is 12.5. The van der Waals surface area contributed by atoms with Gasteiger partial charge in [-0.3, -0.25) is 4.79 Å². The number of para-hydroxylation sites is 1. The molecule has 2 aromatic carbocycles. The number of carboxylic acids is 1. The zero-order valence-corrected chi connectivity index (χ0v) is 15.3. The maximum absolute atomic E-state index is 11.5. The molecule has 1 atom stereocenters. The summed E-state index contributed by atoms with van der Waals surface area (Å²) in [6, 6.07) is 15.8. The van der Waals surface area contributed by atoms with Gasteiger partial charge in [-0.25, -0.2) is 0 Å². The van der Waals surface area contributed by atoms with Crippen molar-refractivity contribution in [1.29, 1.82) is 0 Å². The Kier molecular flexibility index (Phi) is 5.40. The molecule has 0 spiro atoms. The second kappa shape index (κ2) is 7.72. The van der Waals surface area contributed by atoms with Crippen molar-refractivity contribution in [1.82, 2.24) is 10.0 Å². The van der Waals surface area contributed by atoms with Crippen LogP contribution in [0.15, 0.2) is 48.5 Å². The third-order valence-corrected chi connectivity index (χ3v) is 4.75. The van der Waals surface area contributed by atoms with Crippen LogP contribution in [0.5, 0.6) is 0 Å². The fraction of sp³-hybridized carbons (Fsp3) is 0.286. The smallest absolute Gasteiger partial charge is 0.323 e. The molecule has 0 aliphatic carbocycles. The van der Waals surface area contributed by atoms with E-state index in [1.165, 1.54) is 18.2 Å². The molecule has 136 valence electrons. The highest BCUT2D eigenvalue weighted by molar-refractivity contribution is 5.86. The fourth-order valence-corrected chi connectivity index (χ4v) is 3.48. The van der Waals surface area contributed by atoms with Gasteiger partial charge in [-0.15, -0.1) is 0 Å². The SMILES string of the molecule is CONC(Cc1c(C)n(Cc2cccc(C)c2)c2ccccc12)C(=O)O. The third kappa shape index (κ3) is 3.64. The summed E-state index contributed by atoms with van der Waals surface area (Å²) in [5.74, 6) is -0.929. The lowest BCUT2D eigenvalue weighted by molar-refractivity contribution is -0.143. The zero-order valence-electron chi connectivity index (χ0n) is 15.3. The number of carboxylic acid groups (broad SMARTS) is 1. The molecule has 0 fully saturated rings. The summed E-state index contributed by atoms with van der Waals surface area (Å²) in [5, 5.41) is 10.5. The molecule has 0 aliphatic heterocycles. The van der Waals surface area contributed by atoms with Gasteiger partial charge in [-0.1, -0.05) is 48.0 Å². The van der Waals surface area contributed by atoms with E-state index in [1.54, 1.807) is 0 Å². The van der Waals surface area contributed by atoms with E-state index in [0.717, 1.165) is 28.7 Å². The van der Waals surface area contributed by atoms with Gasteiger partial charge in [0.25, 0.3) is 0 Å². The van der Waals surface area contributed by atoms with Crippen molar-refractivity contribution in [3.05, 3.63) is 70.9 Å². The molecule has 3 aromatic rings. The molecule has 26 heavy (non-hydrogen) atoms. The first kappa shape index (κ1) is 18.2. The molecule has 1 aromatic heterocycles. The van der Waals surface area contributed by atoms with E-state index in [-0.39, 0.29) is 0 Å². The topological polar surface area (TPSA) is 63.5 Å². The maximum Gasteiger partial charge on any atom is 0.323 e. The van der Waals surface area contributed by atoms with Crippen molar-refractivity contribution in [3.63, 3.8) is 0 Å². The molecule has 1 unspecified atom stereocenters. The van der Waals surface area contributed by atoms with Crippen LogP contribution < -0.4 is 5.48 Å². The fourth-order valence-electron chi connectivity index (χ4n) is 3.48. The number of aliphatic carboxylic acids is 1. The van der Waals surface area contributed by atoms with Gasteiger partial charge in [0.1, 0.15) is 6.04 Å². The quantitative estimate of drug-likeness (QED) is 0.639. The molecular weight excluding hydrogens is 328 g/mol. The molecule has 2 N–H and O–H groups in total. The Balaban J connectivity index is 2.05. The van der Waals surface area contributed by atoms with Gasteiger partial charge in [0, 0.05) is 29.6 Å². The minimum Gasteiger partial charge on any atom is -0.480 e.